The van der Waals surface area contributed by atoms with Gasteiger partial charge in [0.1, 0.15) is 5.76 Å². The topological polar surface area (TPSA) is 110 Å². The summed E-state index contributed by atoms with van der Waals surface area (Å²) in [5.74, 6) is -1.05. The van der Waals surface area contributed by atoms with Crippen LogP contribution in [-0.2, 0) is 16.1 Å². The number of nitriles is 2. The summed E-state index contributed by atoms with van der Waals surface area (Å²) in [5.41, 5.74) is 0.860. The molecule has 0 radical (unpaired) electrons. The van der Waals surface area contributed by atoms with Gasteiger partial charge in [-0.05, 0) is 36.4 Å². The SMILES string of the molecule is N#CCCN(Cc1ccco1)C(=O)C(=O)Nc1ccc(C#N)cc1. The van der Waals surface area contributed by atoms with E-state index in [0.717, 1.165) is 0 Å². The van der Waals surface area contributed by atoms with E-state index in [9.17, 15) is 9.59 Å². The fraction of sp³-hybridized carbons (Fsp3) is 0.176. The van der Waals surface area contributed by atoms with E-state index >= 15 is 0 Å². The van der Waals surface area contributed by atoms with Crippen molar-refractivity contribution in [2.75, 3.05) is 11.9 Å². The van der Waals surface area contributed by atoms with Crippen LogP contribution >= 0.6 is 0 Å². The predicted molar refractivity (Wildman–Crippen MR) is 84.1 cm³/mol. The first-order valence-electron chi connectivity index (χ1n) is 7.14. The van der Waals surface area contributed by atoms with Gasteiger partial charge in [-0.15, -0.1) is 0 Å². The molecule has 0 aliphatic rings. The predicted octanol–water partition coefficient (Wildman–Crippen LogP) is 2.03. The van der Waals surface area contributed by atoms with Crippen molar-refractivity contribution in [2.24, 2.45) is 0 Å². The summed E-state index contributed by atoms with van der Waals surface area (Å²) < 4.78 is 5.18. The van der Waals surface area contributed by atoms with E-state index in [1.165, 1.54) is 35.4 Å². The van der Waals surface area contributed by atoms with Crippen LogP contribution in [0.2, 0.25) is 0 Å². The van der Waals surface area contributed by atoms with Gasteiger partial charge in [0.05, 0.1) is 36.9 Å². The van der Waals surface area contributed by atoms with Crippen LogP contribution in [0, 0.1) is 22.7 Å². The summed E-state index contributed by atoms with van der Waals surface area (Å²) >= 11 is 0. The van der Waals surface area contributed by atoms with E-state index in [4.69, 9.17) is 14.9 Å². The molecule has 0 atom stereocenters. The van der Waals surface area contributed by atoms with Gasteiger partial charge in [0.2, 0.25) is 0 Å². The van der Waals surface area contributed by atoms with Crippen molar-refractivity contribution in [1.29, 1.82) is 10.5 Å². The first kappa shape index (κ1) is 16.8. The van der Waals surface area contributed by atoms with E-state index < -0.39 is 11.8 Å². The maximum atomic E-state index is 12.3. The van der Waals surface area contributed by atoms with E-state index in [-0.39, 0.29) is 19.5 Å². The maximum Gasteiger partial charge on any atom is 0.313 e. The molecular weight excluding hydrogens is 308 g/mol. The van der Waals surface area contributed by atoms with Crippen LogP contribution in [0.25, 0.3) is 0 Å². The zero-order chi connectivity index (χ0) is 17.4. The van der Waals surface area contributed by atoms with Gasteiger partial charge in [-0.1, -0.05) is 0 Å². The molecule has 0 spiro atoms. The monoisotopic (exact) mass is 322 g/mol. The van der Waals surface area contributed by atoms with Crippen LogP contribution in [0.15, 0.2) is 47.1 Å². The molecule has 2 rings (SSSR count). The fourth-order valence-electron chi connectivity index (χ4n) is 1.98. The lowest BCUT2D eigenvalue weighted by Crippen LogP contribution is -2.39. The Bertz CT molecular complexity index is 783. The molecular formula is C17H14N4O3. The Morgan fingerprint density at radius 2 is 1.92 bits per heavy atom. The normalized spacial score (nSPS) is 9.58. The number of carbonyl (C=O) groups excluding carboxylic acids is 2. The highest BCUT2D eigenvalue weighted by atomic mass is 16.3. The van der Waals surface area contributed by atoms with E-state index in [1.807, 2.05) is 12.1 Å². The quantitative estimate of drug-likeness (QED) is 0.847. The van der Waals surface area contributed by atoms with Crippen LogP contribution in [0.4, 0.5) is 5.69 Å². The van der Waals surface area contributed by atoms with Crippen LogP contribution in [-0.4, -0.2) is 23.3 Å². The number of benzene rings is 1. The molecule has 0 fully saturated rings. The third kappa shape index (κ3) is 4.46. The number of furan rings is 1. The van der Waals surface area contributed by atoms with Gasteiger partial charge in [-0.3, -0.25) is 9.59 Å². The van der Waals surface area contributed by atoms with Crippen molar-refractivity contribution < 1.29 is 14.0 Å². The molecule has 1 heterocycles. The van der Waals surface area contributed by atoms with Crippen molar-refractivity contribution in [3.63, 3.8) is 0 Å². The maximum absolute atomic E-state index is 12.3. The molecule has 120 valence electrons. The highest BCUT2D eigenvalue weighted by molar-refractivity contribution is 6.39. The van der Waals surface area contributed by atoms with E-state index in [0.29, 0.717) is 17.0 Å². The molecule has 7 nitrogen and oxygen atoms in total. The molecule has 0 saturated heterocycles. The Kier molecular flexibility index (Phi) is 5.71. The van der Waals surface area contributed by atoms with Crippen molar-refractivity contribution in [3.8, 4) is 12.1 Å². The molecule has 2 amide bonds. The lowest BCUT2D eigenvalue weighted by Gasteiger charge is -2.19. The van der Waals surface area contributed by atoms with Gasteiger partial charge in [-0.2, -0.15) is 10.5 Å². The Morgan fingerprint density at radius 3 is 2.50 bits per heavy atom. The standard InChI is InChI=1S/C17H14N4O3/c18-8-2-9-21(12-15-3-1-10-24-15)17(23)16(22)20-14-6-4-13(11-19)5-7-14/h1,3-7,10H,2,9,12H2,(H,20,22). The highest BCUT2D eigenvalue weighted by Gasteiger charge is 2.22. The van der Waals surface area contributed by atoms with E-state index in [2.05, 4.69) is 5.32 Å². The van der Waals surface area contributed by atoms with Crippen LogP contribution in [0.3, 0.4) is 0 Å². The molecule has 0 bridgehead atoms. The zero-order valence-electron chi connectivity index (χ0n) is 12.7. The van der Waals surface area contributed by atoms with Crippen molar-refractivity contribution in [2.45, 2.75) is 13.0 Å². The number of amides is 2. The lowest BCUT2D eigenvalue weighted by atomic mass is 10.2. The number of nitrogens with zero attached hydrogens (tertiary/aromatic N) is 3. The summed E-state index contributed by atoms with van der Waals surface area (Å²) in [6.45, 7) is 0.227. The van der Waals surface area contributed by atoms with Crippen molar-refractivity contribution >= 4 is 17.5 Å². The Balaban J connectivity index is 2.05. The van der Waals surface area contributed by atoms with Gasteiger partial charge in [0, 0.05) is 12.2 Å². The van der Waals surface area contributed by atoms with Crippen LogP contribution in [0.5, 0.6) is 0 Å². The molecule has 1 aromatic carbocycles. The minimum Gasteiger partial charge on any atom is -0.467 e. The smallest absolute Gasteiger partial charge is 0.313 e. The van der Waals surface area contributed by atoms with Crippen molar-refractivity contribution in [3.05, 3.63) is 54.0 Å². The van der Waals surface area contributed by atoms with Crippen LogP contribution < -0.4 is 5.32 Å². The Morgan fingerprint density at radius 1 is 1.17 bits per heavy atom. The van der Waals surface area contributed by atoms with Gasteiger partial charge < -0.3 is 14.6 Å². The molecule has 2 aromatic rings. The van der Waals surface area contributed by atoms with Gasteiger partial charge in [0.25, 0.3) is 0 Å². The number of hydrogen-bond donors (Lipinski definition) is 1. The molecule has 1 N–H and O–H groups in total. The third-order valence-electron chi connectivity index (χ3n) is 3.17. The number of anilines is 1. The summed E-state index contributed by atoms with van der Waals surface area (Å²) in [7, 11) is 0. The van der Waals surface area contributed by atoms with Gasteiger partial charge in [-0.25, -0.2) is 0 Å². The van der Waals surface area contributed by atoms with Crippen molar-refractivity contribution in [1.82, 2.24) is 4.90 Å². The second kappa shape index (κ2) is 8.16. The molecule has 7 heteroatoms. The largest absolute Gasteiger partial charge is 0.467 e. The zero-order valence-corrected chi connectivity index (χ0v) is 12.7. The Hall–Kier alpha value is -3.58. The molecule has 0 aliphatic carbocycles. The molecule has 1 aromatic heterocycles. The lowest BCUT2D eigenvalue weighted by molar-refractivity contribution is -0.143. The highest BCUT2D eigenvalue weighted by Crippen LogP contribution is 2.11. The number of rotatable bonds is 5. The number of carbonyl (C=O) groups is 2. The average molecular weight is 322 g/mol. The average Bonchev–Trinajstić information content (AvgIpc) is 3.11. The fourth-order valence-corrected chi connectivity index (χ4v) is 1.98. The summed E-state index contributed by atoms with van der Waals surface area (Å²) in [6.07, 6.45) is 1.58. The van der Waals surface area contributed by atoms with E-state index in [1.54, 1.807) is 12.1 Å². The van der Waals surface area contributed by atoms with Gasteiger partial charge in [0.15, 0.2) is 0 Å². The minimum absolute atomic E-state index is 0.105. The minimum atomic E-state index is -0.816. The van der Waals surface area contributed by atoms with Crippen LogP contribution in [0.1, 0.15) is 17.7 Å². The first-order valence-corrected chi connectivity index (χ1v) is 7.14. The second-order valence-corrected chi connectivity index (χ2v) is 4.86. The summed E-state index contributed by atoms with van der Waals surface area (Å²) in [5, 5.41) is 19.9. The van der Waals surface area contributed by atoms with Gasteiger partial charge >= 0.3 is 11.8 Å². The number of hydrogen-bond acceptors (Lipinski definition) is 5. The summed E-state index contributed by atoms with van der Waals surface area (Å²) in [6, 6.07) is 13.4. The molecule has 0 unspecified atom stereocenters. The molecule has 24 heavy (non-hydrogen) atoms. The second-order valence-electron chi connectivity index (χ2n) is 4.86. The Labute approximate surface area is 138 Å². The third-order valence-corrected chi connectivity index (χ3v) is 3.17. The molecule has 0 saturated carbocycles. The molecule has 0 aliphatic heterocycles. The first-order chi connectivity index (χ1) is 11.6. The number of nitrogens with one attached hydrogen (secondary N) is 1. The summed E-state index contributed by atoms with van der Waals surface area (Å²) in [4.78, 5) is 25.7.